The van der Waals surface area contributed by atoms with Crippen LogP contribution in [0.15, 0.2) is 91.5 Å². The zero-order chi connectivity index (χ0) is 21.0. The Bertz CT molecular complexity index is 952. The summed E-state index contributed by atoms with van der Waals surface area (Å²) in [6.45, 7) is 6.92. The van der Waals surface area contributed by atoms with Gasteiger partial charge in [0, 0.05) is 12.0 Å². The second-order valence-electron chi connectivity index (χ2n) is 8.89. The van der Waals surface area contributed by atoms with Gasteiger partial charge in [-0.1, -0.05) is 91.5 Å². The van der Waals surface area contributed by atoms with Crippen LogP contribution in [0.5, 0.6) is 0 Å². The third-order valence-electron chi connectivity index (χ3n) is 7.09. The Morgan fingerprint density at radius 2 is 1.52 bits per heavy atom. The predicted octanol–water partition coefficient (Wildman–Crippen LogP) is 6.14. The van der Waals surface area contributed by atoms with Crippen LogP contribution in [-0.2, 0) is 11.3 Å². The zero-order valence-corrected chi connectivity index (χ0v) is 18.1. The third-order valence-corrected chi connectivity index (χ3v) is 7.09. The van der Waals surface area contributed by atoms with Crippen LogP contribution in [0, 0.1) is 5.92 Å². The van der Waals surface area contributed by atoms with Gasteiger partial charge in [0.15, 0.2) is 0 Å². The molecule has 0 spiro atoms. The van der Waals surface area contributed by atoms with Crippen LogP contribution in [0.3, 0.4) is 0 Å². The van der Waals surface area contributed by atoms with Gasteiger partial charge >= 0.3 is 0 Å². The Balaban J connectivity index is 1.48. The van der Waals surface area contributed by atoms with E-state index < -0.39 is 0 Å². The summed E-state index contributed by atoms with van der Waals surface area (Å²) in [7, 11) is 0. The van der Waals surface area contributed by atoms with Gasteiger partial charge in [-0.2, -0.15) is 0 Å². The van der Waals surface area contributed by atoms with Gasteiger partial charge in [-0.05, 0) is 60.2 Å². The Morgan fingerprint density at radius 1 is 0.871 bits per heavy atom. The maximum Gasteiger partial charge on any atom is 0.0773 e. The average Bonchev–Trinajstić information content (AvgIpc) is 2.85. The van der Waals surface area contributed by atoms with E-state index >= 15 is 0 Å². The molecule has 0 unspecified atom stereocenters. The molecule has 2 heteroatoms. The first-order valence-corrected chi connectivity index (χ1v) is 11.5. The third kappa shape index (κ3) is 4.23. The molecule has 3 aromatic carbocycles. The smallest absolute Gasteiger partial charge is 0.0773 e. The van der Waals surface area contributed by atoms with E-state index in [1.54, 1.807) is 0 Å². The van der Waals surface area contributed by atoms with Gasteiger partial charge in [0.05, 0.1) is 12.7 Å². The average molecular weight is 410 g/mol. The van der Waals surface area contributed by atoms with E-state index in [2.05, 4.69) is 96.4 Å². The van der Waals surface area contributed by atoms with E-state index in [1.807, 2.05) is 6.08 Å². The first kappa shape index (κ1) is 20.2. The minimum atomic E-state index is 0.236. The molecule has 3 fully saturated rings. The Hall–Kier alpha value is -2.68. The molecule has 3 aliphatic heterocycles. The van der Waals surface area contributed by atoms with Crippen LogP contribution >= 0.6 is 0 Å². The summed E-state index contributed by atoms with van der Waals surface area (Å²) in [5.41, 5.74) is 5.14. The molecule has 2 atom stereocenters. The fourth-order valence-corrected chi connectivity index (χ4v) is 5.58. The molecule has 0 aromatic heterocycles. The number of hydrogen-bond donors (Lipinski definition) is 0. The minimum absolute atomic E-state index is 0.236. The van der Waals surface area contributed by atoms with Gasteiger partial charge in [-0.25, -0.2) is 0 Å². The molecule has 0 amide bonds. The van der Waals surface area contributed by atoms with E-state index in [4.69, 9.17) is 4.74 Å². The van der Waals surface area contributed by atoms with Crippen molar-refractivity contribution in [3.05, 3.63) is 114 Å². The summed E-state index contributed by atoms with van der Waals surface area (Å²) in [6.07, 6.45) is 4.62. The van der Waals surface area contributed by atoms with Gasteiger partial charge in [0.1, 0.15) is 0 Å². The van der Waals surface area contributed by atoms with Gasteiger partial charge in [0.2, 0.25) is 0 Å². The molecule has 6 rings (SSSR count). The quantitative estimate of drug-likeness (QED) is 0.465. The number of benzene rings is 3. The van der Waals surface area contributed by atoms with E-state index in [0.717, 1.165) is 5.56 Å². The molecule has 0 radical (unpaired) electrons. The lowest BCUT2D eigenvalue weighted by atomic mass is 9.72. The van der Waals surface area contributed by atoms with Gasteiger partial charge in [-0.3, -0.25) is 4.90 Å². The van der Waals surface area contributed by atoms with Crippen LogP contribution in [0.25, 0.3) is 6.08 Å². The van der Waals surface area contributed by atoms with Crippen LogP contribution in [-0.4, -0.2) is 30.1 Å². The predicted molar refractivity (Wildman–Crippen MR) is 128 cm³/mol. The van der Waals surface area contributed by atoms with E-state index in [0.29, 0.717) is 24.5 Å². The molecule has 3 saturated heterocycles. The van der Waals surface area contributed by atoms with E-state index in [1.165, 1.54) is 42.6 Å². The summed E-state index contributed by atoms with van der Waals surface area (Å²) >= 11 is 0. The number of rotatable bonds is 7. The summed E-state index contributed by atoms with van der Waals surface area (Å²) in [5, 5.41) is 0. The molecule has 0 N–H and O–H groups in total. The lowest BCUT2D eigenvalue weighted by molar-refractivity contribution is -0.120. The molecule has 0 saturated carbocycles. The molecule has 2 bridgehead atoms. The van der Waals surface area contributed by atoms with Crippen molar-refractivity contribution in [1.82, 2.24) is 4.90 Å². The molecule has 3 aliphatic rings. The van der Waals surface area contributed by atoms with Gasteiger partial charge in [-0.15, -0.1) is 0 Å². The fraction of sp³-hybridized carbons (Fsp3) is 0.310. The first-order chi connectivity index (χ1) is 15.3. The van der Waals surface area contributed by atoms with Crippen molar-refractivity contribution in [3.63, 3.8) is 0 Å². The highest BCUT2D eigenvalue weighted by Gasteiger charge is 2.47. The maximum absolute atomic E-state index is 6.76. The molecule has 3 aromatic rings. The number of fused-ring (bicyclic) bond motifs is 3. The Labute approximate surface area is 186 Å². The van der Waals surface area contributed by atoms with Crippen molar-refractivity contribution in [1.29, 1.82) is 0 Å². The van der Waals surface area contributed by atoms with Crippen LogP contribution in [0.1, 0.15) is 41.0 Å². The summed E-state index contributed by atoms with van der Waals surface area (Å²) in [5.74, 6) is 0.947. The number of hydrogen-bond acceptors (Lipinski definition) is 2. The monoisotopic (exact) mass is 409 g/mol. The van der Waals surface area contributed by atoms with E-state index in [-0.39, 0.29) is 6.10 Å². The van der Waals surface area contributed by atoms with Crippen LogP contribution in [0.2, 0.25) is 0 Å². The second kappa shape index (κ2) is 9.21. The molecular weight excluding hydrogens is 378 g/mol. The van der Waals surface area contributed by atoms with Crippen LogP contribution < -0.4 is 0 Å². The molecule has 3 heterocycles. The number of ether oxygens (including phenoxy) is 1. The van der Waals surface area contributed by atoms with Crippen molar-refractivity contribution in [3.8, 4) is 0 Å². The first-order valence-electron chi connectivity index (χ1n) is 11.5. The summed E-state index contributed by atoms with van der Waals surface area (Å²) in [6, 6.07) is 30.9. The Morgan fingerprint density at radius 3 is 2.13 bits per heavy atom. The standard InChI is InChI=1S/C29H31NO/c1-2-22-10-9-11-23(20-22)21-31-29-26-16-18-30(19-17-26)28(29)27(24-12-5-3-6-13-24)25-14-7-4-8-15-25/h2-15,20,26-29H,1,16-19,21H2/t28-,29-/m1/s1. The van der Waals surface area contributed by atoms with Gasteiger partial charge in [0.25, 0.3) is 0 Å². The van der Waals surface area contributed by atoms with Crippen molar-refractivity contribution in [2.75, 3.05) is 13.1 Å². The maximum atomic E-state index is 6.76. The van der Waals surface area contributed by atoms with Crippen molar-refractivity contribution in [2.24, 2.45) is 5.92 Å². The zero-order valence-electron chi connectivity index (χ0n) is 18.1. The second-order valence-corrected chi connectivity index (χ2v) is 8.89. The molecule has 2 nitrogen and oxygen atoms in total. The fourth-order valence-electron chi connectivity index (χ4n) is 5.58. The molecule has 158 valence electrons. The molecule has 31 heavy (non-hydrogen) atoms. The minimum Gasteiger partial charge on any atom is -0.372 e. The summed E-state index contributed by atoms with van der Waals surface area (Å²) < 4.78 is 6.76. The molecule has 0 aliphatic carbocycles. The highest BCUT2D eigenvalue weighted by Crippen LogP contribution is 2.43. The number of piperidine rings is 3. The Kier molecular flexibility index (Phi) is 6.01. The lowest BCUT2D eigenvalue weighted by Crippen LogP contribution is -2.60. The number of nitrogens with zero attached hydrogens (tertiary/aromatic N) is 1. The van der Waals surface area contributed by atoms with E-state index in [9.17, 15) is 0 Å². The van der Waals surface area contributed by atoms with Crippen molar-refractivity contribution < 1.29 is 4.74 Å². The normalized spacial score (nSPS) is 24.9. The van der Waals surface area contributed by atoms with Crippen molar-refractivity contribution >= 4 is 6.08 Å². The van der Waals surface area contributed by atoms with Crippen molar-refractivity contribution in [2.45, 2.75) is 37.5 Å². The molecular formula is C29H31NO. The highest BCUT2D eigenvalue weighted by molar-refractivity contribution is 5.47. The SMILES string of the molecule is C=Cc1cccc(CO[C@@H]2C3CCN(CC3)[C@@H]2C(c2ccccc2)c2ccccc2)c1. The topological polar surface area (TPSA) is 12.5 Å². The van der Waals surface area contributed by atoms with Gasteiger partial charge < -0.3 is 4.74 Å². The lowest BCUT2D eigenvalue weighted by Gasteiger charge is -2.53. The van der Waals surface area contributed by atoms with Crippen LogP contribution in [0.4, 0.5) is 0 Å². The summed E-state index contributed by atoms with van der Waals surface area (Å²) in [4.78, 5) is 2.69. The highest BCUT2D eigenvalue weighted by atomic mass is 16.5. The largest absolute Gasteiger partial charge is 0.372 e.